The summed E-state index contributed by atoms with van der Waals surface area (Å²) in [4.78, 5) is 2.71. The van der Waals surface area contributed by atoms with Gasteiger partial charge in [-0.1, -0.05) is 42.5 Å². The summed E-state index contributed by atoms with van der Waals surface area (Å²) in [5, 5.41) is 1.97. The lowest BCUT2D eigenvalue weighted by atomic mass is 10.1. The zero-order valence-electron chi connectivity index (χ0n) is 15.1. The normalized spacial score (nSPS) is 16.4. The Labute approximate surface area is 160 Å². The van der Waals surface area contributed by atoms with Crippen molar-refractivity contribution in [2.45, 2.75) is 4.90 Å². The Morgan fingerprint density at radius 2 is 1.63 bits per heavy atom. The number of halogens is 1. The second kappa shape index (κ2) is 7.66. The first kappa shape index (κ1) is 17.9. The highest BCUT2D eigenvalue weighted by Crippen LogP contribution is 2.33. The topological polar surface area (TPSA) is 32.8 Å². The number of para-hydroxylation sites is 1. The summed E-state index contributed by atoms with van der Waals surface area (Å²) in [6.45, 7) is 2.43. The standard InChI is InChI=1S/C21H21FN2O2S/c1-26-20-11-10-16-6-2-3-7-17(16)21(20)27(25)24-14-12-23(13-15-24)19-9-5-4-8-18(19)22/h2-11H,12-15H2,1H3. The Kier molecular flexibility index (Phi) is 5.09. The molecule has 6 heteroatoms. The van der Waals surface area contributed by atoms with Gasteiger partial charge in [0.15, 0.2) is 0 Å². The number of hydrogen-bond donors (Lipinski definition) is 0. The molecule has 3 aromatic rings. The molecular weight excluding hydrogens is 363 g/mol. The highest BCUT2D eigenvalue weighted by atomic mass is 32.2. The van der Waals surface area contributed by atoms with Gasteiger partial charge in [-0.15, -0.1) is 0 Å². The van der Waals surface area contributed by atoms with Crippen molar-refractivity contribution < 1.29 is 13.3 Å². The molecule has 1 unspecified atom stereocenters. The van der Waals surface area contributed by atoms with Gasteiger partial charge >= 0.3 is 0 Å². The maximum atomic E-state index is 14.0. The van der Waals surface area contributed by atoms with Crippen molar-refractivity contribution in [2.24, 2.45) is 0 Å². The molecule has 27 heavy (non-hydrogen) atoms. The molecule has 4 rings (SSSR count). The van der Waals surface area contributed by atoms with Gasteiger partial charge in [-0.25, -0.2) is 12.9 Å². The van der Waals surface area contributed by atoms with Crippen LogP contribution >= 0.6 is 0 Å². The van der Waals surface area contributed by atoms with Gasteiger partial charge in [0.25, 0.3) is 0 Å². The van der Waals surface area contributed by atoms with Crippen molar-refractivity contribution >= 4 is 27.4 Å². The van der Waals surface area contributed by atoms with Crippen molar-refractivity contribution in [1.82, 2.24) is 4.31 Å². The summed E-state index contributed by atoms with van der Waals surface area (Å²) >= 11 is 0. The predicted molar refractivity (Wildman–Crippen MR) is 107 cm³/mol. The van der Waals surface area contributed by atoms with E-state index < -0.39 is 11.0 Å². The zero-order valence-corrected chi connectivity index (χ0v) is 15.9. The monoisotopic (exact) mass is 384 g/mol. The lowest BCUT2D eigenvalue weighted by Gasteiger charge is -2.35. The highest BCUT2D eigenvalue weighted by molar-refractivity contribution is 7.83. The van der Waals surface area contributed by atoms with E-state index in [0.29, 0.717) is 42.5 Å². The molecule has 0 radical (unpaired) electrons. The molecule has 1 aliphatic heterocycles. The summed E-state index contributed by atoms with van der Waals surface area (Å²) in [5.74, 6) is 0.409. The Morgan fingerprint density at radius 3 is 2.37 bits per heavy atom. The summed E-state index contributed by atoms with van der Waals surface area (Å²) in [6.07, 6.45) is 0. The minimum Gasteiger partial charge on any atom is -0.495 e. The molecule has 0 spiro atoms. The van der Waals surface area contributed by atoms with Gasteiger partial charge < -0.3 is 9.64 Å². The maximum Gasteiger partial charge on any atom is 0.146 e. The minimum absolute atomic E-state index is 0.220. The molecule has 3 aromatic carbocycles. The molecule has 0 aliphatic carbocycles. The van der Waals surface area contributed by atoms with Crippen LogP contribution < -0.4 is 9.64 Å². The van der Waals surface area contributed by atoms with E-state index in [2.05, 4.69) is 0 Å². The average molecular weight is 384 g/mol. The van der Waals surface area contributed by atoms with E-state index in [1.54, 1.807) is 19.2 Å². The summed E-state index contributed by atoms with van der Waals surface area (Å²) in [5.41, 5.74) is 0.602. The molecule has 0 aromatic heterocycles. The SMILES string of the molecule is COc1ccc2ccccc2c1S(=O)N1CCN(c2ccccc2F)CC1. The number of hydrogen-bond acceptors (Lipinski definition) is 3. The van der Waals surface area contributed by atoms with Crippen molar-refractivity contribution in [3.8, 4) is 5.75 Å². The first-order valence-corrected chi connectivity index (χ1v) is 10.0. The molecule has 1 saturated heterocycles. The molecular formula is C21H21FN2O2S. The molecule has 1 aliphatic rings. The molecule has 0 N–H and O–H groups in total. The number of nitrogens with zero attached hydrogens (tertiary/aromatic N) is 2. The third kappa shape index (κ3) is 3.42. The maximum absolute atomic E-state index is 14.0. The quantitative estimate of drug-likeness (QED) is 0.685. The Balaban J connectivity index is 1.58. The molecule has 1 heterocycles. The first-order chi connectivity index (χ1) is 13.2. The molecule has 4 nitrogen and oxygen atoms in total. The van der Waals surface area contributed by atoms with Gasteiger partial charge in [0.2, 0.25) is 0 Å². The van der Waals surface area contributed by atoms with Crippen LogP contribution in [0.3, 0.4) is 0 Å². The third-order valence-corrected chi connectivity index (χ3v) is 6.51. The first-order valence-electron chi connectivity index (χ1n) is 8.91. The zero-order chi connectivity index (χ0) is 18.8. The average Bonchev–Trinajstić information content (AvgIpc) is 2.73. The number of ether oxygens (including phenoxy) is 1. The van der Waals surface area contributed by atoms with E-state index in [1.165, 1.54) is 6.07 Å². The molecule has 1 fully saturated rings. The van der Waals surface area contributed by atoms with Crippen LogP contribution in [0.4, 0.5) is 10.1 Å². The number of anilines is 1. The second-order valence-corrected chi connectivity index (χ2v) is 7.86. The van der Waals surface area contributed by atoms with Crippen LogP contribution in [-0.4, -0.2) is 41.8 Å². The summed E-state index contributed by atoms with van der Waals surface area (Å²) in [7, 11) is 0.254. The lowest BCUT2D eigenvalue weighted by molar-refractivity contribution is 0.393. The number of fused-ring (bicyclic) bond motifs is 1. The smallest absolute Gasteiger partial charge is 0.146 e. The molecule has 0 saturated carbocycles. The second-order valence-electron chi connectivity index (χ2n) is 6.43. The van der Waals surface area contributed by atoms with Crippen molar-refractivity contribution in [3.63, 3.8) is 0 Å². The van der Waals surface area contributed by atoms with Crippen LogP contribution in [-0.2, 0) is 11.0 Å². The fourth-order valence-corrected chi connectivity index (χ4v) is 4.95. The van der Waals surface area contributed by atoms with Crippen molar-refractivity contribution in [2.75, 3.05) is 38.2 Å². The van der Waals surface area contributed by atoms with Crippen LogP contribution in [0.2, 0.25) is 0 Å². The van der Waals surface area contributed by atoms with Gasteiger partial charge in [-0.2, -0.15) is 0 Å². The highest BCUT2D eigenvalue weighted by Gasteiger charge is 2.26. The molecule has 0 amide bonds. The van der Waals surface area contributed by atoms with Crippen LogP contribution in [0.1, 0.15) is 0 Å². The Hall–Kier alpha value is -2.44. The fourth-order valence-electron chi connectivity index (χ4n) is 3.50. The van der Waals surface area contributed by atoms with Crippen molar-refractivity contribution in [1.29, 1.82) is 0 Å². The van der Waals surface area contributed by atoms with Gasteiger partial charge in [-0.05, 0) is 23.6 Å². The fraction of sp³-hybridized carbons (Fsp3) is 0.238. The lowest BCUT2D eigenvalue weighted by Crippen LogP contribution is -2.47. The van der Waals surface area contributed by atoms with Gasteiger partial charge in [0, 0.05) is 31.6 Å². The summed E-state index contributed by atoms with van der Waals surface area (Å²) in [6, 6.07) is 18.5. The molecule has 1 atom stereocenters. The Morgan fingerprint density at radius 1 is 0.926 bits per heavy atom. The summed E-state index contributed by atoms with van der Waals surface area (Å²) < 4.78 is 34.8. The predicted octanol–water partition coefficient (Wildman–Crippen LogP) is 3.83. The van der Waals surface area contributed by atoms with E-state index in [4.69, 9.17) is 4.74 Å². The Bertz CT molecular complexity index is 987. The van der Waals surface area contributed by atoms with Crippen LogP contribution in [0, 0.1) is 5.82 Å². The van der Waals surface area contributed by atoms with Crippen LogP contribution in [0.5, 0.6) is 5.75 Å². The number of methoxy groups -OCH3 is 1. The number of piperazine rings is 1. The van der Waals surface area contributed by atoms with Crippen LogP contribution in [0.25, 0.3) is 10.8 Å². The largest absolute Gasteiger partial charge is 0.495 e. The van der Waals surface area contributed by atoms with Crippen LogP contribution in [0.15, 0.2) is 65.6 Å². The van der Waals surface area contributed by atoms with E-state index in [-0.39, 0.29) is 5.82 Å². The van der Waals surface area contributed by atoms with E-state index in [0.717, 1.165) is 10.8 Å². The van der Waals surface area contributed by atoms with E-state index in [9.17, 15) is 8.60 Å². The van der Waals surface area contributed by atoms with Crippen molar-refractivity contribution in [3.05, 3.63) is 66.5 Å². The molecule has 0 bridgehead atoms. The van der Waals surface area contributed by atoms with Gasteiger partial charge in [0.1, 0.15) is 27.4 Å². The van der Waals surface area contributed by atoms with Gasteiger partial charge in [-0.3, -0.25) is 0 Å². The van der Waals surface area contributed by atoms with E-state index in [1.807, 2.05) is 51.7 Å². The van der Waals surface area contributed by atoms with E-state index >= 15 is 0 Å². The minimum atomic E-state index is -1.34. The third-order valence-electron chi connectivity index (χ3n) is 4.90. The van der Waals surface area contributed by atoms with Gasteiger partial charge in [0.05, 0.1) is 12.8 Å². The number of rotatable bonds is 4. The number of benzene rings is 3. The molecule has 140 valence electrons.